The summed E-state index contributed by atoms with van der Waals surface area (Å²) in [6.45, 7) is 1.06. The van der Waals surface area contributed by atoms with Crippen LogP contribution in [0.25, 0.3) is 0 Å². The lowest BCUT2D eigenvalue weighted by atomic mass is 10.1. The van der Waals surface area contributed by atoms with Crippen molar-refractivity contribution in [2.24, 2.45) is 0 Å². The van der Waals surface area contributed by atoms with Crippen LogP contribution in [0, 0.1) is 0 Å². The quantitative estimate of drug-likeness (QED) is 0.545. The fourth-order valence-corrected chi connectivity index (χ4v) is 5.01. The first-order valence-electron chi connectivity index (χ1n) is 10.2. The molecular formula is C25H23ClN2O2S. The summed E-state index contributed by atoms with van der Waals surface area (Å²) in [6.07, 6.45) is 0.826. The van der Waals surface area contributed by atoms with Gasteiger partial charge in [0, 0.05) is 23.7 Å². The van der Waals surface area contributed by atoms with E-state index in [1.54, 1.807) is 11.8 Å². The molecule has 6 heteroatoms. The van der Waals surface area contributed by atoms with Crippen molar-refractivity contribution < 1.29 is 9.59 Å². The zero-order valence-electron chi connectivity index (χ0n) is 17.0. The molecule has 4 rings (SSSR count). The molecule has 1 heterocycles. The monoisotopic (exact) mass is 450 g/mol. The highest BCUT2D eigenvalue weighted by Gasteiger charge is 2.32. The van der Waals surface area contributed by atoms with Crippen molar-refractivity contribution in [1.82, 2.24) is 10.2 Å². The normalized spacial score (nSPS) is 15.8. The highest BCUT2D eigenvalue weighted by Crippen LogP contribution is 2.38. The van der Waals surface area contributed by atoms with E-state index in [-0.39, 0.29) is 17.2 Å². The van der Waals surface area contributed by atoms with Gasteiger partial charge in [0.1, 0.15) is 5.37 Å². The van der Waals surface area contributed by atoms with Crippen molar-refractivity contribution in [3.63, 3.8) is 0 Å². The van der Waals surface area contributed by atoms with Crippen molar-refractivity contribution in [3.05, 3.63) is 106 Å². The second kappa shape index (κ2) is 10.0. The molecule has 4 nitrogen and oxygen atoms in total. The fraction of sp³-hybridized carbons (Fsp3) is 0.200. The Morgan fingerprint density at radius 2 is 1.71 bits per heavy atom. The van der Waals surface area contributed by atoms with Gasteiger partial charge in [0.2, 0.25) is 5.91 Å². The van der Waals surface area contributed by atoms with Crippen LogP contribution in [0.15, 0.2) is 78.9 Å². The second-order valence-electron chi connectivity index (χ2n) is 7.38. The summed E-state index contributed by atoms with van der Waals surface area (Å²) in [5.74, 6) is 0.495. The summed E-state index contributed by atoms with van der Waals surface area (Å²) in [6, 6.07) is 25.2. The molecule has 31 heavy (non-hydrogen) atoms. The highest BCUT2D eigenvalue weighted by molar-refractivity contribution is 8.00. The number of nitrogens with one attached hydrogen (secondary N) is 1. The molecule has 0 spiro atoms. The number of carbonyl (C=O) groups excluding carboxylic acids is 2. The maximum atomic E-state index is 12.5. The van der Waals surface area contributed by atoms with Crippen LogP contribution >= 0.6 is 23.4 Å². The minimum Gasteiger partial charge on any atom is -0.348 e. The van der Waals surface area contributed by atoms with Crippen LogP contribution in [0.3, 0.4) is 0 Å². The maximum Gasteiger partial charge on any atom is 0.251 e. The van der Waals surface area contributed by atoms with Gasteiger partial charge in [0.15, 0.2) is 0 Å². The minimum absolute atomic E-state index is 0.0172. The lowest BCUT2D eigenvalue weighted by Gasteiger charge is -2.24. The number of halogens is 1. The van der Waals surface area contributed by atoms with Crippen molar-refractivity contribution in [2.45, 2.75) is 18.3 Å². The third kappa shape index (κ3) is 5.30. The average Bonchev–Trinajstić information content (AvgIpc) is 3.18. The van der Waals surface area contributed by atoms with Gasteiger partial charge in [-0.05, 0) is 41.3 Å². The van der Waals surface area contributed by atoms with E-state index in [4.69, 9.17) is 11.6 Å². The Labute approximate surface area is 191 Å². The van der Waals surface area contributed by atoms with Crippen molar-refractivity contribution in [1.29, 1.82) is 0 Å². The Balaban J connectivity index is 1.38. The first-order valence-corrected chi connectivity index (χ1v) is 11.6. The predicted octanol–water partition coefficient (Wildman–Crippen LogP) is 5.09. The van der Waals surface area contributed by atoms with Gasteiger partial charge in [0.25, 0.3) is 5.91 Å². The molecule has 1 N–H and O–H groups in total. The molecular weight excluding hydrogens is 428 g/mol. The SMILES string of the molecule is O=C(NCc1ccccc1Cl)c1ccc([C@@H]2SCC(=O)N2CCc2ccccc2)cc1. The number of carbonyl (C=O) groups is 2. The van der Waals surface area contributed by atoms with E-state index in [0.717, 1.165) is 17.5 Å². The van der Waals surface area contributed by atoms with E-state index in [2.05, 4.69) is 17.4 Å². The largest absolute Gasteiger partial charge is 0.348 e. The molecule has 0 aromatic heterocycles. The van der Waals surface area contributed by atoms with Crippen molar-refractivity contribution >= 4 is 35.2 Å². The number of rotatable bonds is 7. The molecule has 0 aliphatic carbocycles. The fourth-order valence-electron chi connectivity index (χ4n) is 3.58. The molecule has 1 aliphatic rings. The summed E-state index contributed by atoms with van der Waals surface area (Å²) in [7, 11) is 0. The molecule has 1 atom stereocenters. The lowest BCUT2D eigenvalue weighted by Crippen LogP contribution is -2.30. The van der Waals surface area contributed by atoms with Gasteiger partial charge in [0.05, 0.1) is 5.75 Å². The van der Waals surface area contributed by atoms with Gasteiger partial charge >= 0.3 is 0 Å². The van der Waals surface area contributed by atoms with E-state index in [0.29, 0.717) is 29.4 Å². The van der Waals surface area contributed by atoms with E-state index >= 15 is 0 Å². The average molecular weight is 451 g/mol. The molecule has 0 radical (unpaired) electrons. The summed E-state index contributed by atoms with van der Waals surface area (Å²) < 4.78 is 0. The van der Waals surface area contributed by atoms with Gasteiger partial charge in [-0.15, -0.1) is 11.8 Å². The minimum atomic E-state index is -0.150. The summed E-state index contributed by atoms with van der Waals surface area (Å²) in [4.78, 5) is 26.9. The standard InChI is InChI=1S/C25H23ClN2O2S/c26-22-9-5-4-8-21(22)16-27-24(30)19-10-12-20(13-11-19)25-28(23(29)17-31-25)15-14-18-6-2-1-3-7-18/h1-13,25H,14-17H2,(H,27,30)/t25-/m0/s1. The number of thioether (sulfide) groups is 1. The molecule has 0 unspecified atom stereocenters. The van der Waals surface area contributed by atoms with E-state index < -0.39 is 0 Å². The Bertz CT molecular complexity index is 1060. The summed E-state index contributed by atoms with van der Waals surface area (Å²) >= 11 is 7.78. The maximum absolute atomic E-state index is 12.5. The van der Waals surface area contributed by atoms with Gasteiger partial charge in [-0.2, -0.15) is 0 Å². The van der Waals surface area contributed by atoms with Crippen LogP contribution < -0.4 is 5.32 Å². The summed E-state index contributed by atoms with van der Waals surface area (Å²) in [5.41, 5.74) is 3.72. The molecule has 1 fully saturated rings. The Kier molecular flexibility index (Phi) is 6.95. The third-order valence-electron chi connectivity index (χ3n) is 5.31. The lowest BCUT2D eigenvalue weighted by molar-refractivity contribution is -0.128. The molecule has 158 valence electrons. The Morgan fingerprint density at radius 1 is 1.00 bits per heavy atom. The highest BCUT2D eigenvalue weighted by atomic mass is 35.5. The predicted molar refractivity (Wildman–Crippen MR) is 126 cm³/mol. The molecule has 1 aliphatic heterocycles. The number of hydrogen-bond donors (Lipinski definition) is 1. The van der Waals surface area contributed by atoms with Crippen molar-refractivity contribution in [2.75, 3.05) is 12.3 Å². The number of nitrogens with zero attached hydrogens (tertiary/aromatic N) is 1. The van der Waals surface area contributed by atoms with Crippen LogP contribution in [0.2, 0.25) is 5.02 Å². The molecule has 2 amide bonds. The second-order valence-corrected chi connectivity index (χ2v) is 8.86. The van der Waals surface area contributed by atoms with Crippen LogP contribution in [-0.2, 0) is 17.8 Å². The Hall–Kier alpha value is -2.76. The first kappa shape index (κ1) is 21.5. The van der Waals surface area contributed by atoms with E-state index in [1.807, 2.05) is 71.6 Å². The molecule has 3 aromatic carbocycles. The smallest absolute Gasteiger partial charge is 0.251 e. The van der Waals surface area contributed by atoms with Crippen LogP contribution in [0.1, 0.15) is 32.4 Å². The van der Waals surface area contributed by atoms with Crippen LogP contribution in [0.5, 0.6) is 0 Å². The van der Waals surface area contributed by atoms with Gasteiger partial charge in [-0.25, -0.2) is 0 Å². The van der Waals surface area contributed by atoms with Crippen molar-refractivity contribution in [3.8, 4) is 0 Å². The van der Waals surface area contributed by atoms with Gasteiger partial charge in [-0.3, -0.25) is 9.59 Å². The molecule has 0 bridgehead atoms. The molecule has 0 saturated carbocycles. The summed E-state index contributed by atoms with van der Waals surface area (Å²) in [5, 5.41) is 3.52. The zero-order valence-corrected chi connectivity index (χ0v) is 18.5. The van der Waals surface area contributed by atoms with Crippen LogP contribution in [-0.4, -0.2) is 29.0 Å². The van der Waals surface area contributed by atoms with E-state index in [1.165, 1.54) is 5.56 Å². The van der Waals surface area contributed by atoms with Gasteiger partial charge in [-0.1, -0.05) is 72.3 Å². The van der Waals surface area contributed by atoms with Gasteiger partial charge < -0.3 is 10.2 Å². The number of benzene rings is 3. The topological polar surface area (TPSA) is 49.4 Å². The zero-order chi connectivity index (χ0) is 21.6. The first-order chi connectivity index (χ1) is 15.1. The van der Waals surface area contributed by atoms with Crippen LogP contribution in [0.4, 0.5) is 0 Å². The Morgan fingerprint density at radius 3 is 2.45 bits per heavy atom. The number of hydrogen-bond acceptors (Lipinski definition) is 3. The molecule has 3 aromatic rings. The number of amides is 2. The molecule has 1 saturated heterocycles. The third-order valence-corrected chi connectivity index (χ3v) is 6.93. The van der Waals surface area contributed by atoms with E-state index in [9.17, 15) is 9.59 Å².